The third-order valence-corrected chi connectivity index (χ3v) is 6.32. The first kappa shape index (κ1) is 21.0. The highest BCUT2D eigenvalue weighted by Gasteiger charge is 2.17. The maximum absolute atomic E-state index is 5.06. The molecule has 0 radical (unpaired) electrons. The van der Waals surface area contributed by atoms with Crippen LogP contribution in [-0.4, -0.2) is 23.5 Å². The number of hydrogen-bond acceptors (Lipinski definition) is 3. The van der Waals surface area contributed by atoms with Gasteiger partial charge in [-0.25, -0.2) is 4.98 Å². The molecule has 144 valence electrons. The topological polar surface area (TPSA) is 37.6 Å². The van der Waals surface area contributed by atoms with Crippen LogP contribution in [0.15, 0.2) is 9.98 Å². The van der Waals surface area contributed by atoms with E-state index >= 15 is 0 Å². The van der Waals surface area contributed by atoms with E-state index in [2.05, 4.69) is 67.3 Å². The molecule has 0 fully saturated rings. The molecule has 1 aromatic heterocycles. The lowest BCUT2D eigenvalue weighted by Gasteiger charge is -2.18. The zero-order valence-corrected chi connectivity index (χ0v) is 18.8. The van der Waals surface area contributed by atoms with Crippen molar-refractivity contribution in [1.29, 1.82) is 0 Å². The van der Waals surface area contributed by atoms with Gasteiger partial charge in [0.25, 0.3) is 0 Å². The Balaban J connectivity index is 2.77. The normalized spacial score (nSPS) is 12.7. The van der Waals surface area contributed by atoms with Crippen molar-refractivity contribution < 1.29 is 0 Å². The molecule has 0 bridgehead atoms. The molecule has 0 saturated heterocycles. The van der Waals surface area contributed by atoms with Crippen molar-refractivity contribution in [2.75, 3.05) is 7.05 Å². The van der Waals surface area contributed by atoms with E-state index in [1.807, 2.05) is 14.0 Å². The number of pyridine rings is 1. The van der Waals surface area contributed by atoms with Gasteiger partial charge in [0.15, 0.2) is 0 Å². The van der Waals surface area contributed by atoms with E-state index in [1.54, 1.807) is 0 Å². The summed E-state index contributed by atoms with van der Waals surface area (Å²) in [6, 6.07) is 0. The number of benzene rings is 1. The van der Waals surface area contributed by atoms with Gasteiger partial charge in [-0.2, -0.15) is 0 Å². The van der Waals surface area contributed by atoms with E-state index in [9.17, 15) is 0 Å². The molecule has 0 aliphatic carbocycles. The second-order valence-electron chi connectivity index (χ2n) is 7.66. The van der Waals surface area contributed by atoms with Gasteiger partial charge in [-0.3, -0.25) is 9.98 Å². The smallest absolute Gasteiger partial charge is 0.0881 e. The van der Waals surface area contributed by atoms with Crippen LogP contribution in [0, 0.1) is 55.4 Å². The third-order valence-electron chi connectivity index (χ3n) is 6.32. The maximum Gasteiger partial charge on any atom is 0.0881 e. The lowest BCUT2D eigenvalue weighted by atomic mass is 9.93. The van der Waals surface area contributed by atoms with E-state index in [1.165, 1.54) is 44.5 Å². The Morgan fingerprint density at radius 3 is 1.37 bits per heavy atom. The molecule has 0 aliphatic heterocycles. The summed E-state index contributed by atoms with van der Waals surface area (Å²) in [6.45, 7) is 21.4. The minimum Gasteiger partial charge on any atom is -0.291 e. The molecular weight excluding hydrogens is 330 g/mol. The summed E-state index contributed by atoms with van der Waals surface area (Å²) in [5, 5.41) is 0. The highest BCUT2D eigenvalue weighted by molar-refractivity contribution is 6.03. The van der Waals surface area contributed by atoms with Crippen LogP contribution in [0.5, 0.6) is 0 Å². The van der Waals surface area contributed by atoms with Crippen LogP contribution in [0.25, 0.3) is 0 Å². The lowest BCUT2D eigenvalue weighted by molar-refractivity contribution is 1.11. The van der Waals surface area contributed by atoms with E-state index in [4.69, 9.17) is 9.98 Å². The average Bonchev–Trinajstić information content (AvgIpc) is 2.65. The Bertz CT molecular complexity index is 947. The van der Waals surface area contributed by atoms with Crippen LogP contribution in [0.2, 0.25) is 0 Å². The van der Waals surface area contributed by atoms with E-state index < -0.39 is 0 Å². The number of aromatic nitrogens is 1. The minimum atomic E-state index is 0.953. The fourth-order valence-corrected chi connectivity index (χ4v) is 3.59. The highest BCUT2D eigenvalue weighted by atomic mass is 14.8. The van der Waals surface area contributed by atoms with Crippen LogP contribution < -0.4 is 0 Å². The van der Waals surface area contributed by atoms with Gasteiger partial charge in [0.05, 0.1) is 28.5 Å². The van der Waals surface area contributed by atoms with Crippen molar-refractivity contribution in [3.05, 3.63) is 55.9 Å². The largest absolute Gasteiger partial charge is 0.291 e. The van der Waals surface area contributed by atoms with Crippen LogP contribution in [0.1, 0.15) is 69.7 Å². The fourth-order valence-electron chi connectivity index (χ4n) is 3.59. The molecule has 3 nitrogen and oxygen atoms in total. The van der Waals surface area contributed by atoms with Gasteiger partial charge in [-0.15, -0.1) is 0 Å². The quantitative estimate of drug-likeness (QED) is 0.605. The van der Waals surface area contributed by atoms with Gasteiger partial charge in [-0.05, 0) is 114 Å². The molecule has 0 atom stereocenters. The second kappa shape index (κ2) is 7.75. The summed E-state index contributed by atoms with van der Waals surface area (Å²) < 4.78 is 0. The molecule has 0 unspecified atom stereocenters. The van der Waals surface area contributed by atoms with Crippen molar-refractivity contribution in [3.63, 3.8) is 0 Å². The summed E-state index contributed by atoms with van der Waals surface area (Å²) in [7, 11) is 1.82. The molecular formula is C24H33N3. The Morgan fingerprint density at radius 1 is 0.556 bits per heavy atom. The SMILES string of the molecule is C/N=C(\C)c1nc(/C(C)=N/c2c(C)c(C)c(C)c(C)c2C)c(C)c(C)c1C. The third kappa shape index (κ3) is 3.60. The van der Waals surface area contributed by atoms with Crippen molar-refractivity contribution in [2.45, 2.75) is 69.2 Å². The van der Waals surface area contributed by atoms with Crippen LogP contribution >= 0.6 is 0 Å². The summed E-state index contributed by atoms with van der Waals surface area (Å²) in [6.07, 6.45) is 0. The Hall–Kier alpha value is -2.29. The minimum absolute atomic E-state index is 0.953. The zero-order valence-electron chi connectivity index (χ0n) is 18.8. The summed E-state index contributed by atoms with van der Waals surface area (Å²) >= 11 is 0. The highest BCUT2D eigenvalue weighted by Crippen LogP contribution is 2.33. The second-order valence-corrected chi connectivity index (χ2v) is 7.66. The van der Waals surface area contributed by atoms with Gasteiger partial charge >= 0.3 is 0 Å². The average molecular weight is 364 g/mol. The Labute approximate surface area is 164 Å². The van der Waals surface area contributed by atoms with Gasteiger partial charge in [-0.1, -0.05) is 0 Å². The van der Waals surface area contributed by atoms with E-state index in [0.29, 0.717) is 0 Å². The summed E-state index contributed by atoms with van der Waals surface area (Å²) in [4.78, 5) is 14.4. The first-order valence-electron chi connectivity index (χ1n) is 9.57. The van der Waals surface area contributed by atoms with Crippen molar-refractivity contribution >= 4 is 17.1 Å². The maximum atomic E-state index is 5.06. The molecule has 2 aromatic rings. The predicted octanol–water partition coefficient (Wildman–Crippen LogP) is 6.13. The first-order valence-corrected chi connectivity index (χ1v) is 9.57. The molecule has 1 heterocycles. The zero-order chi connectivity index (χ0) is 20.6. The Kier molecular flexibility index (Phi) is 6.04. The van der Waals surface area contributed by atoms with Crippen molar-refractivity contribution in [2.24, 2.45) is 9.98 Å². The van der Waals surface area contributed by atoms with E-state index in [0.717, 1.165) is 28.5 Å². The lowest BCUT2D eigenvalue weighted by Crippen LogP contribution is -2.12. The molecule has 1 aromatic carbocycles. The van der Waals surface area contributed by atoms with Gasteiger partial charge in [0, 0.05) is 7.05 Å². The molecule has 2 rings (SSSR count). The number of rotatable bonds is 3. The molecule has 0 aliphatic rings. The molecule has 0 amide bonds. The standard InChI is InChI=1S/C24H33N3/c1-12-13(2)16(5)22(17(6)14(12)3)26-21(10)24-19(8)15(4)18(7)23(27-24)20(9)25-11/h1-11H3/b25-20+,26-21+. The molecule has 3 heteroatoms. The van der Waals surface area contributed by atoms with E-state index in [-0.39, 0.29) is 0 Å². The summed E-state index contributed by atoms with van der Waals surface area (Å²) in [5.74, 6) is 0. The van der Waals surface area contributed by atoms with Gasteiger partial charge in [0.1, 0.15) is 0 Å². The van der Waals surface area contributed by atoms with Crippen molar-refractivity contribution in [3.8, 4) is 0 Å². The van der Waals surface area contributed by atoms with Crippen LogP contribution in [0.3, 0.4) is 0 Å². The monoisotopic (exact) mass is 363 g/mol. The fraction of sp³-hybridized carbons (Fsp3) is 0.458. The molecule has 0 N–H and O–H groups in total. The predicted molar refractivity (Wildman–Crippen MR) is 119 cm³/mol. The molecule has 27 heavy (non-hydrogen) atoms. The van der Waals surface area contributed by atoms with Gasteiger partial charge < -0.3 is 0 Å². The number of nitrogens with zero attached hydrogens (tertiary/aromatic N) is 3. The Morgan fingerprint density at radius 2 is 0.926 bits per heavy atom. The number of hydrogen-bond donors (Lipinski definition) is 0. The molecule has 0 spiro atoms. The first-order chi connectivity index (χ1) is 12.5. The van der Waals surface area contributed by atoms with Gasteiger partial charge in [0.2, 0.25) is 0 Å². The van der Waals surface area contributed by atoms with Crippen molar-refractivity contribution in [1.82, 2.24) is 4.98 Å². The molecule has 0 saturated carbocycles. The summed E-state index contributed by atoms with van der Waals surface area (Å²) in [5.41, 5.74) is 15.1. The van der Waals surface area contributed by atoms with Crippen LogP contribution in [-0.2, 0) is 0 Å². The number of aliphatic imine (C=N–C) groups is 2. The van der Waals surface area contributed by atoms with Crippen LogP contribution in [0.4, 0.5) is 5.69 Å².